The molecule has 0 aliphatic carbocycles. The molecule has 1 heterocycles. The number of nitrogens with zero attached hydrogens (tertiary/aromatic N) is 1. The summed E-state index contributed by atoms with van der Waals surface area (Å²) in [4.78, 5) is 3.13. The van der Waals surface area contributed by atoms with E-state index in [-0.39, 0.29) is 23.3 Å². The molecular weight excluding hydrogens is 372 g/mol. The van der Waals surface area contributed by atoms with Gasteiger partial charge in [0.25, 0.3) is 10.0 Å². The van der Waals surface area contributed by atoms with Crippen LogP contribution in [0.4, 0.5) is 5.69 Å². The maximum atomic E-state index is 12.7. The molecule has 6 nitrogen and oxygen atoms in total. The Kier molecular flexibility index (Phi) is 5.62. The van der Waals surface area contributed by atoms with E-state index in [1.807, 2.05) is 13.8 Å². The normalized spacial score (nSPS) is 12.2. The lowest BCUT2D eigenvalue weighted by Gasteiger charge is -2.11. The van der Waals surface area contributed by atoms with E-state index in [0.717, 1.165) is 16.5 Å². The number of nitrogens with two attached hydrogens (primary N) is 1. The van der Waals surface area contributed by atoms with E-state index in [1.165, 1.54) is 12.1 Å². The Morgan fingerprint density at radius 1 is 1.19 bits per heavy atom. The molecule has 0 amide bonds. The molecule has 0 radical (unpaired) electrons. The summed E-state index contributed by atoms with van der Waals surface area (Å²) in [6.45, 7) is 3.71. The van der Waals surface area contributed by atoms with Crippen molar-refractivity contribution in [2.75, 3.05) is 4.72 Å². The van der Waals surface area contributed by atoms with Gasteiger partial charge in [0.1, 0.15) is 6.07 Å². The van der Waals surface area contributed by atoms with Crippen LogP contribution in [-0.4, -0.2) is 13.4 Å². The molecule has 0 bridgehead atoms. The predicted octanol–water partition coefficient (Wildman–Crippen LogP) is 3.59. The van der Waals surface area contributed by atoms with E-state index in [0.29, 0.717) is 16.8 Å². The number of aromatic amines is 1. The first-order chi connectivity index (χ1) is 11.8. The Morgan fingerprint density at radius 3 is 2.42 bits per heavy atom. The number of aryl methyl sites for hydroxylation is 1. The van der Waals surface area contributed by atoms with Crippen LogP contribution in [0.3, 0.4) is 0 Å². The number of nitrogens with one attached hydrogen (secondary N) is 2. The van der Waals surface area contributed by atoms with Crippen molar-refractivity contribution in [1.29, 1.82) is 5.26 Å². The molecule has 4 N–H and O–H groups in total. The summed E-state index contributed by atoms with van der Waals surface area (Å²) in [7, 11) is -3.75. The third kappa shape index (κ3) is 3.53. The number of rotatable bonds is 4. The zero-order valence-electron chi connectivity index (χ0n) is 14.3. The van der Waals surface area contributed by atoms with Gasteiger partial charge in [-0.2, -0.15) is 5.26 Å². The van der Waals surface area contributed by atoms with Gasteiger partial charge in [0.15, 0.2) is 0 Å². The molecule has 2 aromatic carbocycles. The minimum absolute atomic E-state index is 0. The second-order valence-electron chi connectivity index (χ2n) is 5.96. The Hall–Kier alpha value is -2.53. The van der Waals surface area contributed by atoms with Crippen LogP contribution >= 0.6 is 12.4 Å². The highest BCUT2D eigenvalue weighted by Crippen LogP contribution is 2.30. The predicted molar refractivity (Wildman–Crippen MR) is 105 cm³/mol. The lowest BCUT2D eigenvalue weighted by Crippen LogP contribution is -2.14. The van der Waals surface area contributed by atoms with E-state index in [1.54, 1.807) is 30.5 Å². The van der Waals surface area contributed by atoms with Crippen molar-refractivity contribution in [2.24, 2.45) is 5.73 Å². The third-order valence-corrected chi connectivity index (χ3v) is 5.51. The maximum absolute atomic E-state index is 12.7. The van der Waals surface area contributed by atoms with Crippen LogP contribution in [-0.2, 0) is 10.0 Å². The van der Waals surface area contributed by atoms with Gasteiger partial charge < -0.3 is 10.7 Å². The quantitative estimate of drug-likeness (QED) is 0.631. The van der Waals surface area contributed by atoms with Crippen molar-refractivity contribution in [1.82, 2.24) is 4.98 Å². The second kappa shape index (κ2) is 7.38. The molecule has 8 heteroatoms. The van der Waals surface area contributed by atoms with Crippen LogP contribution in [0, 0.1) is 18.3 Å². The monoisotopic (exact) mass is 390 g/mol. The topological polar surface area (TPSA) is 112 Å². The summed E-state index contributed by atoms with van der Waals surface area (Å²) < 4.78 is 27.9. The maximum Gasteiger partial charge on any atom is 0.261 e. The molecule has 0 spiro atoms. The largest absolute Gasteiger partial charge is 0.358 e. The number of anilines is 1. The molecule has 1 atom stereocenters. The van der Waals surface area contributed by atoms with Gasteiger partial charge in [-0.15, -0.1) is 12.4 Å². The molecule has 0 saturated heterocycles. The minimum atomic E-state index is -3.75. The molecule has 136 valence electrons. The minimum Gasteiger partial charge on any atom is -0.358 e. The zero-order chi connectivity index (χ0) is 18.2. The first-order valence-electron chi connectivity index (χ1n) is 7.72. The second-order valence-corrected chi connectivity index (χ2v) is 7.64. The van der Waals surface area contributed by atoms with Gasteiger partial charge in [-0.05, 0) is 43.2 Å². The number of benzene rings is 2. The van der Waals surface area contributed by atoms with Gasteiger partial charge in [-0.25, -0.2) is 8.42 Å². The molecule has 0 aliphatic heterocycles. The summed E-state index contributed by atoms with van der Waals surface area (Å²) in [5.41, 5.74) is 9.03. The van der Waals surface area contributed by atoms with E-state index in [4.69, 9.17) is 5.73 Å². The van der Waals surface area contributed by atoms with E-state index in [9.17, 15) is 13.7 Å². The first-order valence-corrected chi connectivity index (χ1v) is 9.21. The number of sulfonamides is 1. The number of nitriles is 1. The number of H-pyrrole nitrogens is 1. The van der Waals surface area contributed by atoms with Crippen LogP contribution in [0.15, 0.2) is 47.5 Å². The molecule has 1 unspecified atom stereocenters. The molecule has 1 aromatic heterocycles. The first kappa shape index (κ1) is 19.8. The summed E-state index contributed by atoms with van der Waals surface area (Å²) >= 11 is 0. The number of halogens is 1. The molecule has 3 rings (SSSR count). The highest BCUT2D eigenvalue weighted by atomic mass is 35.5. The fraction of sp³-hybridized carbons (Fsp3) is 0.167. The van der Waals surface area contributed by atoms with Crippen LogP contribution in [0.25, 0.3) is 10.9 Å². The Bertz CT molecular complexity index is 1080. The van der Waals surface area contributed by atoms with Crippen LogP contribution in [0.1, 0.15) is 29.7 Å². The average Bonchev–Trinajstić information content (AvgIpc) is 3.02. The highest BCUT2D eigenvalue weighted by molar-refractivity contribution is 7.92. The molecule has 3 aromatic rings. The zero-order valence-corrected chi connectivity index (χ0v) is 15.9. The SMILES string of the molecule is Cc1ccc(NS(=O)(=O)c2ccc(C(C)N)cc2)c2[nH]cc(C#N)c12.Cl. The van der Waals surface area contributed by atoms with E-state index >= 15 is 0 Å². The van der Waals surface area contributed by atoms with Crippen molar-refractivity contribution >= 4 is 39.0 Å². The summed E-state index contributed by atoms with van der Waals surface area (Å²) in [5.74, 6) is 0. The van der Waals surface area contributed by atoms with Gasteiger partial charge in [0.2, 0.25) is 0 Å². The van der Waals surface area contributed by atoms with Crippen LogP contribution in [0.2, 0.25) is 0 Å². The number of fused-ring (bicyclic) bond motifs is 1. The Morgan fingerprint density at radius 2 is 1.85 bits per heavy atom. The smallest absolute Gasteiger partial charge is 0.261 e. The molecule has 0 saturated carbocycles. The summed E-state index contributed by atoms with van der Waals surface area (Å²) in [5, 5.41) is 9.92. The lowest BCUT2D eigenvalue weighted by molar-refractivity contribution is 0.601. The summed E-state index contributed by atoms with van der Waals surface area (Å²) in [6, 6.07) is 11.9. The molecular formula is C18H19ClN4O2S. The lowest BCUT2D eigenvalue weighted by atomic mass is 10.1. The molecule has 26 heavy (non-hydrogen) atoms. The highest BCUT2D eigenvalue weighted by Gasteiger charge is 2.18. The van der Waals surface area contributed by atoms with Crippen LogP contribution < -0.4 is 10.5 Å². The molecule has 0 fully saturated rings. The average molecular weight is 391 g/mol. The van der Waals surface area contributed by atoms with E-state index in [2.05, 4.69) is 15.8 Å². The summed E-state index contributed by atoms with van der Waals surface area (Å²) in [6.07, 6.45) is 1.58. The fourth-order valence-electron chi connectivity index (χ4n) is 2.75. The van der Waals surface area contributed by atoms with Gasteiger partial charge in [0.05, 0.1) is 21.7 Å². The van der Waals surface area contributed by atoms with Crippen molar-refractivity contribution in [2.45, 2.75) is 24.8 Å². The van der Waals surface area contributed by atoms with Gasteiger partial charge >= 0.3 is 0 Å². The van der Waals surface area contributed by atoms with Gasteiger partial charge in [0, 0.05) is 17.6 Å². The van der Waals surface area contributed by atoms with Crippen LogP contribution in [0.5, 0.6) is 0 Å². The Balaban J connectivity index is 0.00000243. The Labute approximate surface area is 158 Å². The van der Waals surface area contributed by atoms with Gasteiger partial charge in [-0.1, -0.05) is 18.2 Å². The van der Waals surface area contributed by atoms with Crippen molar-refractivity contribution < 1.29 is 8.42 Å². The number of hydrogen-bond donors (Lipinski definition) is 3. The van der Waals surface area contributed by atoms with Crippen molar-refractivity contribution in [3.05, 3.63) is 59.3 Å². The van der Waals surface area contributed by atoms with E-state index < -0.39 is 10.0 Å². The fourth-order valence-corrected chi connectivity index (χ4v) is 3.82. The molecule has 0 aliphatic rings. The number of aromatic nitrogens is 1. The standard InChI is InChI=1S/C18H18N4O2S.ClH/c1-11-3-8-16(18-17(11)14(9-19)10-21-18)22-25(23,24)15-6-4-13(5-7-15)12(2)20;/h3-8,10,12,21-22H,20H2,1-2H3;1H. The van der Waals surface area contributed by atoms with Crippen molar-refractivity contribution in [3.8, 4) is 6.07 Å². The number of hydrogen-bond acceptors (Lipinski definition) is 4. The van der Waals surface area contributed by atoms with Gasteiger partial charge in [-0.3, -0.25) is 4.72 Å². The van der Waals surface area contributed by atoms with Crippen molar-refractivity contribution in [3.63, 3.8) is 0 Å². The third-order valence-electron chi connectivity index (χ3n) is 4.12.